The molecule has 1 aromatic heterocycles. The molecule has 0 saturated carbocycles. The van der Waals surface area contributed by atoms with Gasteiger partial charge >= 0.3 is 0 Å². The quantitative estimate of drug-likeness (QED) is 0.375. The van der Waals surface area contributed by atoms with Gasteiger partial charge in [-0.05, 0) is 42.5 Å². The molecule has 0 spiro atoms. The lowest BCUT2D eigenvalue weighted by Crippen LogP contribution is -1.90. The molecular formula is C18H14ClN3O3. The minimum atomic E-state index is -0.526. The average molecular weight is 356 g/mol. The second-order valence-corrected chi connectivity index (χ2v) is 5.61. The Hall–Kier alpha value is -3.12. The standard InChI is InChI=1S/C18H14ClN3O3/c1-25-16-5-3-15(4-6-16)21-9-8-13(12-21)11-20-14-2-7-17(19)18(10-14)22(23)24/h2-12H,1H3. The first-order valence-corrected chi connectivity index (χ1v) is 7.75. The first-order valence-electron chi connectivity index (χ1n) is 7.37. The minimum Gasteiger partial charge on any atom is -0.497 e. The zero-order chi connectivity index (χ0) is 17.8. The van der Waals surface area contributed by atoms with E-state index < -0.39 is 4.92 Å². The lowest BCUT2D eigenvalue weighted by Gasteiger charge is -2.04. The van der Waals surface area contributed by atoms with Crippen LogP contribution in [0.5, 0.6) is 5.75 Å². The third kappa shape index (κ3) is 3.87. The molecule has 0 bridgehead atoms. The number of nitro groups is 1. The van der Waals surface area contributed by atoms with Gasteiger partial charge in [0.15, 0.2) is 0 Å². The van der Waals surface area contributed by atoms with Crippen LogP contribution >= 0.6 is 11.6 Å². The molecule has 0 radical (unpaired) electrons. The fraction of sp³-hybridized carbons (Fsp3) is 0.0556. The van der Waals surface area contributed by atoms with Crippen LogP contribution < -0.4 is 4.74 Å². The molecule has 7 heteroatoms. The van der Waals surface area contributed by atoms with Crippen molar-refractivity contribution < 1.29 is 9.66 Å². The van der Waals surface area contributed by atoms with E-state index in [0.29, 0.717) is 5.69 Å². The first kappa shape index (κ1) is 16.7. The number of benzene rings is 2. The predicted molar refractivity (Wildman–Crippen MR) is 97.7 cm³/mol. The van der Waals surface area contributed by atoms with Gasteiger partial charge in [-0.1, -0.05) is 11.6 Å². The summed E-state index contributed by atoms with van der Waals surface area (Å²) in [7, 11) is 1.63. The van der Waals surface area contributed by atoms with E-state index in [-0.39, 0.29) is 10.7 Å². The van der Waals surface area contributed by atoms with Gasteiger partial charge in [-0.2, -0.15) is 0 Å². The highest BCUT2D eigenvalue weighted by Crippen LogP contribution is 2.28. The summed E-state index contributed by atoms with van der Waals surface area (Å²) in [6.07, 6.45) is 5.47. The molecule has 25 heavy (non-hydrogen) atoms. The van der Waals surface area contributed by atoms with E-state index in [0.717, 1.165) is 17.0 Å². The van der Waals surface area contributed by atoms with Crippen LogP contribution in [0, 0.1) is 10.1 Å². The molecule has 3 rings (SSSR count). The van der Waals surface area contributed by atoms with Crippen LogP contribution in [0.15, 0.2) is 65.9 Å². The smallest absolute Gasteiger partial charge is 0.290 e. The molecule has 0 aliphatic rings. The van der Waals surface area contributed by atoms with E-state index in [4.69, 9.17) is 16.3 Å². The lowest BCUT2D eigenvalue weighted by atomic mass is 10.3. The summed E-state index contributed by atoms with van der Waals surface area (Å²) in [5.74, 6) is 0.794. The lowest BCUT2D eigenvalue weighted by molar-refractivity contribution is -0.384. The summed E-state index contributed by atoms with van der Waals surface area (Å²) in [6, 6.07) is 14.0. The van der Waals surface area contributed by atoms with Gasteiger partial charge in [0, 0.05) is 35.9 Å². The van der Waals surface area contributed by atoms with Crippen LogP contribution in [0.1, 0.15) is 5.56 Å². The molecule has 0 unspecified atom stereocenters. The van der Waals surface area contributed by atoms with E-state index in [9.17, 15) is 10.1 Å². The normalized spacial score (nSPS) is 11.0. The Bertz CT molecular complexity index is 933. The minimum absolute atomic E-state index is 0.0922. The number of hydrogen-bond acceptors (Lipinski definition) is 4. The summed E-state index contributed by atoms with van der Waals surface area (Å²) < 4.78 is 7.09. The second-order valence-electron chi connectivity index (χ2n) is 5.20. The fourth-order valence-corrected chi connectivity index (χ4v) is 2.46. The number of aliphatic imine (C=N–C) groups is 1. The zero-order valence-electron chi connectivity index (χ0n) is 13.3. The van der Waals surface area contributed by atoms with Crippen LogP contribution in [-0.4, -0.2) is 22.8 Å². The van der Waals surface area contributed by atoms with Crippen molar-refractivity contribution in [2.75, 3.05) is 7.11 Å². The Morgan fingerprint density at radius 1 is 1.20 bits per heavy atom. The van der Waals surface area contributed by atoms with Gasteiger partial charge in [0.25, 0.3) is 5.69 Å². The molecule has 0 aliphatic carbocycles. The van der Waals surface area contributed by atoms with Crippen molar-refractivity contribution in [1.29, 1.82) is 0 Å². The molecule has 0 atom stereocenters. The Labute approximate surface area is 149 Å². The summed E-state index contributed by atoms with van der Waals surface area (Å²) in [6.45, 7) is 0. The highest BCUT2D eigenvalue weighted by molar-refractivity contribution is 6.32. The molecular weight excluding hydrogens is 342 g/mol. The van der Waals surface area contributed by atoms with E-state index in [1.165, 1.54) is 12.1 Å². The van der Waals surface area contributed by atoms with Gasteiger partial charge in [-0.3, -0.25) is 15.1 Å². The molecule has 126 valence electrons. The summed E-state index contributed by atoms with van der Waals surface area (Å²) in [4.78, 5) is 14.7. The van der Waals surface area contributed by atoms with Crippen molar-refractivity contribution in [2.24, 2.45) is 4.99 Å². The maximum Gasteiger partial charge on any atom is 0.290 e. The number of methoxy groups -OCH3 is 1. The number of halogens is 1. The van der Waals surface area contributed by atoms with E-state index in [1.807, 2.05) is 47.3 Å². The number of hydrogen-bond donors (Lipinski definition) is 0. The number of nitro benzene ring substituents is 1. The van der Waals surface area contributed by atoms with Crippen molar-refractivity contribution in [1.82, 2.24) is 4.57 Å². The van der Waals surface area contributed by atoms with Gasteiger partial charge < -0.3 is 9.30 Å². The average Bonchev–Trinajstić information content (AvgIpc) is 3.10. The monoisotopic (exact) mass is 355 g/mol. The van der Waals surface area contributed by atoms with Crippen molar-refractivity contribution in [3.05, 3.63) is 81.6 Å². The van der Waals surface area contributed by atoms with Crippen LogP contribution in [0.4, 0.5) is 11.4 Å². The number of nitrogens with zero attached hydrogens (tertiary/aromatic N) is 3. The highest BCUT2D eigenvalue weighted by atomic mass is 35.5. The molecule has 2 aromatic carbocycles. The third-order valence-electron chi connectivity index (χ3n) is 3.58. The molecule has 6 nitrogen and oxygen atoms in total. The van der Waals surface area contributed by atoms with E-state index >= 15 is 0 Å². The van der Waals surface area contributed by atoms with Crippen LogP contribution in [0.2, 0.25) is 5.02 Å². The largest absolute Gasteiger partial charge is 0.497 e. The molecule has 3 aromatic rings. The third-order valence-corrected chi connectivity index (χ3v) is 3.90. The highest BCUT2D eigenvalue weighted by Gasteiger charge is 2.12. The maximum absolute atomic E-state index is 10.9. The molecule has 0 fully saturated rings. The Morgan fingerprint density at radius 3 is 2.64 bits per heavy atom. The van der Waals surface area contributed by atoms with Gasteiger partial charge in [0.2, 0.25) is 0 Å². The van der Waals surface area contributed by atoms with Crippen molar-refractivity contribution in [3.8, 4) is 11.4 Å². The number of rotatable bonds is 5. The van der Waals surface area contributed by atoms with Crippen LogP contribution in [0.25, 0.3) is 5.69 Å². The predicted octanol–water partition coefficient (Wildman–Crippen LogP) is 4.80. The van der Waals surface area contributed by atoms with E-state index in [2.05, 4.69) is 4.99 Å². The van der Waals surface area contributed by atoms with Crippen molar-refractivity contribution >= 4 is 29.2 Å². The molecule has 1 heterocycles. The van der Waals surface area contributed by atoms with Gasteiger partial charge in [0.1, 0.15) is 10.8 Å². The second kappa shape index (κ2) is 7.19. The van der Waals surface area contributed by atoms with E-state index in [1.54, 1.807) is 19.4 Å². The summed E-state index contributed by atoms with van der Waals surface area (Å²) in [5.41, 5.74) is 2.16. The van der Waals surface area contributed by atoms with Crippen molar-refractivity contribution in [2.45, 2.75) is 0 Å². The SMILES string of the molecule is COc1ccc(-n2ccc(C=Nc3ccc(Cl)c([N+](=O)[O-])c3)c2)cc1. The van der Waals surface area contributed by atoms with Crippen LogP contribution in [-0.2, 0) is 0 Å². The summed E-state index contributed by atoms with van der Waals surface area (Å²) >= 11 is 5.80. The van der Waals surface area contributed by atoms with Gasteiger partial charge in [-0.15, -0.1) is 0 Å². The molecule has 0 aliphatic heterocycles. The zero-order valence-corrected chi connectivity index (χ0v) is 14.1. The first-order chi connectivity index (χ1) is 12.1. The summed E-state index contributed by atoms with van der Waals surface area (Å²) in [5, 5.41) is 11.0. The number of ether oxygens (including phenoxy) is 1. The molecule has 0 saturated heterocycles. The van der Waals surface area contributed by atoms with Crippen LogP contribution in [0.3, 0.4) is 0 Å². The van der Waals surface area contributed by atoms with Gasteiger partial charge in [0.05, 0.1) is 17.7 Å². The fourth-order valence-electron chi connectivity index (χ4n) is 2.27. The topological polar surface area (TPSA) is 69.7 Å². The Kier molecular flexibility index (Phi) is 4.81. The number of aromatic nitrogens is 1. The Morgan fingerprint density at radius 2 is 1.96 bits per heavy atom. The van der Waals surface area contributed by atoms with Gasteiger partial charge in [-0.25, -0.2) is 0 Å². The van der Waals surface area contributed by atoms with Crippen molar-refractivity contribution in [3.63, 3.8) is 0 Å². The molecule has 0 amide bonds. The maximum atomic E-state index is 10.9. The Balaban J connectivity index is 1.80. The molecule has 0 N–H and O–H groups in total.